The van der Waals surface area contributed by atoms with E-state index in [1.54, 1.807) is 12.1 Å². The Morgan fingerprint density at radius 3 is 2.54 bits per heavy atom. The average molecular weight is 242 g/mol. The van der Waals surface area contributed by atoms with Gasteiger partial charge in [0.25, 0.3) is 0 Å². The van der Waals surface area contributed by atoms with E-state index >= 15 is 0 Å². The Bertz CT molecular complexity index is 319. The van der Waals surface area contributed by atoms with Gasteiger partial charge in [-0.3, -0.25) is 0 Å². The predicted molar refractivity (Wildman–Crippen MR) is 53.1 cm³/mol. The topological polar surface area (TPSA) is 69.0 Å². The minimum absolute atomic E-state index is 0.175. The van der Waals surface area contributed by atoms with Crippen LogP contribution in [0.4, 0.5) is 0 Å². The minimum atomic E-state index is -0.488. The molecule has 5 heteroatoms. The standard InChI is InChI=1S/C8H8BrN3O/c9-7-3-1-6(2-4-7)8(5-13)11-12-10/h1-4,8,13H,5H2/t8-/m1/s1. The zero-order chi connectivity index (χ0) is 9.68. The van der Waals surface area contributed by atoms with Crippen LogP contribution in [0.1, 0.15) is 11.6 Å². The van der Waals surface area contributed by atoms with Crippen molar-refractivity contribution in [2.45, 2.75) is 6.04 Å². The van der Waals surface area contributed by atoms with Crippen LogP contribution >= 0.6 is 15.9 Å². The molecule has 0 saturated carbocycles. The summed E-state index contributed by atoms with van der Waals surface area (Å²) in [4.78, 5) is 2.66. The molecule has 0 radical (unpaired) electrons. The predicted octanol–water partition coefficient (Wildman–Crippen LogP) is 2.79. The van der Waals surface area contributed by atoms with Crippen molar-refractivity contribution >= 4 is 15.9 Å². The number of hydrogen-bond donors (Lipinski definition) is 1. The van der Waals surface area contributed by atoms with Crippen LogP contribution in [0.5, 0.6) is 0 Å². The molecule has 0 aromatic heterocycles. The fraction of sp³-hybridized carbons (Fsp3) is 0.250. The second kappa shape index (κ2) is 4.87. The van der Waals surface area contributed by atoms with E-state index in [-0.39, 0.29) is 6.61 Å². The Labute approximate surface area is 84.0 Å². The average Bonchev–Trinajstić information content (AvgIpc) is 2.16. The molecule has 0 unspecified atom stereocenters. The molecule has 4 nitrogen and oxygen atoms in total. The van der Waals surface area contributed by atoms with Crippen LogP contribution in [0.15, 0.2) is 33.9 Å². The lowest BCUT2D eigenvalue weighted by molar-refractivity contribution is 0.268. The Morgan fingerprint density at radius 2 is 2.08 bits per heavy atom. The van der Waals surface area contributed by atoms with E-state index in [1.165, 1.54) is 0 Å². The molecule has 13 heavy (non-hydrogen) atoms. The maximum absolute atomic E-state index is 8.90. The third kappa shape index (κ3) is 2.73. The first-order chi connectivity index (χ1) is 6.27. The van der Waals surface area contributed by atoms with Crippen LogP contribution < -0.4 is 0 Å². The normalized spacial score (nSPS) is 11.8. The van der Waals surface area contributed by atoms with E-state index < -0.39 is 6.04 Å². The maximum atomic E-state index is 8.90. The highest BCUT2D eigenvalue weighted by Gasteiger charge is 2.06. The third-order valence-corrected chi connectivity index (χ3v) is 2.15. The second-order valence-electron chi connectivity index (χ2n) is 2.45. The van der Waals surface area contributed by atoms with Crippen LogP contribution in [0.25, 0.3) is 10.4 Å². The molecule has 0 heterocycles. The molecule has 0 fully saturated rings. The molecule has 0 spiro atoms. The molecule has 0 amide bonds. The lowest BCUT2D eigenvalue weighted by Gasteiger charge is -2.06. The summed E-state index contributed by atoms with van der Waals surface area (Å²) in [6.07, 6.45) is 0. The van der Waals surface area contributed by atoms with Crippen LogP contribution in [-0.4, -0.2) is 11.7 Å². The molecule has 1 aromatic carbocycles. The van der Waals surface area contributed by atoms with Gasteiger partial charge in [-0.2, -0.15) is 0 Å². The highest BCUT2D eigenvalue weighted by Crippen LogP contribution is 2.19. The monoisotopic (exact) mass is 241 g/mol. The number of hydrogen-bond acceptors (Lipinski definition) is 2. The lowest BCUT2D eigenvalue weighted by Crippen LogP contribution is -1.99. The smallest absolute Gasteiger partial charge is 0.0856 e. The number of halogens is 1. The fourth-order valence-electron chi connectivity index (χ4n) is 0.956. The van der Waals surface area contributed by atoms with Gasteiger partial charge in [0, 0.05) is 9.38 Å². The zero-order valence-corrected chi connectivity index (χ0v) is 8.35. The SMILES string of the molecule is [N-]=[N+]=N[C@H](CO)c1ccc(Br)cc1. The van der Waals surface area contributed by atoms with Crippen LogP contribution in [0, 0.1) is 0 Å². The Balaban J connectivity index is 2.91. The van der Waals surface area contributed by atoms with Gasteiger partial charge < -0.3 is 5.11 Å². The first-order valence-electron chi connectivity index (χ1n) is 3.68. The first-order valence-corrected chi connectivity index (χ1v) is 4.47. The molecular formula is C8H8BrN3O. The van der Waals surface area contributed by atoms with Crippen molar-refractivity contribution in [1.82, 2.24) is 0 Å². The van der Waals surface area contributed by atoms with Crippen LogP contribution in [0.2, 0.25) is 0 Å². The Kier molecular flexibility index (Phi) is 3.76. The Hall–Kier alpha value is -1.03. The molecule has 0 bridgehead atoms. The molecule has 1 rings (SSSR count). The summed E-state index contributed by atoms with van der Waals surface area (Å²) in [7, 11) is 0. The summed E-state index contributed by atoms with van der Waals surface area (Å²) >= 11 is 3.29. The maximum Gasteiger partial charge on any atom is 0.0856 e. The van der Waals surface area contributed by atoms with Gasteiger partial charge in [-0.1, -0.05) is 33.2 Å². The van der Waals surface area contributed by atoms with Gasteiger partial charge in [0.1, 0.15) is 0 Å². The van der Waals surface area contributed by atoms with Crippen molar-refractivity contribution in [2.24, 2.45) is 5.11 Å². The second-order valence-corrected chi connectivity index (χ2v) is 3.37. The highest BCUT2D eigenvalue weighted by molar-refractivity contribution is 9.10. The van der Waals surface area contributed by atoms with E-state index in [0.717, 1.165) is 10.0 Å². The first kappa shape index (κ1) is 10.1. The number of aliphatic hydroxyl groups is 1. The molecule has 0 aliphatic rings. The third-order valence-electron chi connectivity index (χ3n) is 1.62. The lowest BCUT2D eigenvalue weighted by atomic mass is 10.1. The van der Waals surface area contributed by atoms with Crippen molar-refractivity contribution in [3.05, 3.63) is 44.7 Å². The van der Waals surface area contributed by atoms with Gasteiger partial charge in [-0.15, -0.1) is 0 Å². The molecule has 1 N–H and O–H groups in total. The number of aliphatic hydroxyl groups excluding tert-OH is 1. The van der Waals surface area contributed by atoms with Gasteiger partial charge in [-0.05, 0) is 23.2 Å². The molecule has 0 aliphatic heterocycles. The minimum Gasteiger partial charge on any atom is -0.396 e. The van der Waals surface area contributed by atoms with Gasteiger partial charge in [0.2, 0.25) is 0 Å². The molecule has 1 atom stereocenters. The summed E-state index contributed by atoms with van der Waals surface area (Å²) in [6.45, 7) is -0.175. The van der Waals surface area contributed by atoms with Crippen molar-refractivity contribution < 1.29 is 5.11 Å². The molecule has 0 aliphatic carbocycles. The quantitative estimate of drug-likeness (QED) is 0.494. The zero-order valence-electron chi connectivity index (χ0n) is 6.76. The van der Waals surface area contributed by atoms with Gasteiger partial charge in [-0.25, -0.2) is 0 Å². The van der Waals surface area contributed by atoms with E-state index in [0.29, 0.717) is 0 Å². The van der Waals surface area contributed by atoms with Crippen molar-refractivity contribution in [3.8, 4) is 0 Å². The number of nitrogens with zero attached hydrogens (tertiary/aromatic N) is 3. The van der Waals surface area contributed by atoms with Crippen LogP contribution in [-0.2, 0) is 0 Å². The van der Waals surface area contributed by atoms with E-state index in [1.807, 2.05) is 12.1 Å². The molecule has 0 saturated heterocycles. The van der Waals surface area contributed by atoms with E-state index in [2.05, 4.69) is 26.0 Å². The number of azide groups is 1. The number of benzene rings is 1. The highest BCUT2D eigenvalue weighted by atomic mass is 79.9. The summed E-state index contributed by atoms with van der Waals surface area (Å²) < 4.78 is 0.953. The van der Waals surface area contributed by atoms with E-state index in [4.69, 9.17) is 10.6 Å². The van der Waals surface area contributed by atoms with E-state index in [9.17, 15) is 0 Å². The fourth-order valence-corrected chi connectivity index (χ4v) is 1.22. The van der Waals surface area contributed by atoms with Crippen LogP contribution in [0.3, 0.4) is 0 Å². The summed E-state index contributed by atoms with van der Waals surface area (Å²) in [6, 6.07) is 6.80. The molecular weight excluding hydrogens is 234 g/mol. The van der Waals surface area contributed by atoms with Crippen molar-refractivity contribution in [2.75, 3.05) is 6.61 Å². The van der Waals surface area contributed by atoms with Crippen molar-refractivity contribution in [1.29, 1.82) is 0 Å². The molecule has 68 valence electrons. The summed E-state index contributed by atoms with van der Waals surface area (Å²) in [5.41, 5.74) is 9.03. The van der Waals surface area contributed by atoms with Gasteiger partial charge >= 0.3 is 0 Å². The van der Waals surface area contributed by atoms with Gasteiger partial charge in [0.05, 0.1) is 12.6 Å². The largest absolute Gasteiger partial charge is 0.396 e. The summed E-state index contributed by atoms with van der Waals surface area (Å²) in [5.74, 6) is 0. The number of rotatable bonds is 3. The summed E-state index contributed by atoms with van der Waals surface area (Å²) in [5, 5.41) is 12.4. The molecule has 1 aromatic rings. The van der Waals surface area contributed by atoms with Crippen molar-refractivity contribution in [3.63, 3.8) is 0 Å². The Morgan fingerprint density at radius 1 is 1.46 bits per heavy atom. The van der Waals surface area contributed by atoms with Gasteiger partial charge in [0.15, 0.2) is 0 Å².